The van der Waals surface area contributed by atoms with Gasteiger partial charge in [0.05, 0.1) is 0 Å². The Balaban J connectivity index is -0.000000142. The second-order valence-electron chi connectivity index (χ2n) is 3.12. The molecule has 0 heteroatoms. The number of allylic oxidation sites excluding steroid dienone is 3. The summed E-state index contributed by atoms with van der Waals surface area (Å²) in [4.78, 5) is 0. The van der Waals surface area contributed by atoms with Gasteiger partial charge >= 0.3 is 0 Å². The van der Waals surface area contributed by atoms with Crippen molar-refractivity contribution in [3.05, 3.63) is 24.3 Å². The Morgan fingerprint density at radius 3 is 1.69 bits per heavy atom. The van der Waals surface area contributed by atoms with Crippen molar-refractivity contribution < 1.29 is 0 Å². The highest BCUT2D eigenvalue weighted by Gasteiger charge is 1.85. The minimum atomic E-state index is 0.769. The summed E-state index contributed by atoms with van der Waals surface area (Å²) < 4.78 is 0. The maximum atomic E-state index is 3.56. The van der Waals surface area contributed by atoms with Crippen LogP contribution in [0.5, 0.6) is 0 Å². The van der Waals surface area contributed by atoms with Crippen molar-refractivity contribution in [3.8, 4) is 0 Å². The molecule has 0 radical (unpaired) electrons. The van der Waals surface area contributed by atoms with Gasteiger partial charge in [0.25, 0.3) is 0 Å². The van der Waals surface area contributed by atoms with E-state index in [4.69, 9.17) is 0 Å². The van der Waals surface area contributed by atoms with Gasteiger partial charge in [0.2, 0.25) is 0 Å². The molecule has 0 aromatic heterocycles. The zero-order valence-corrected chi connectivity index (χ0v) is 10.6. The Labute approximate surface area is 85.8 Å². The first-order chi connectivity index (χ1) is 6.04. The molecule has 0 bridgehead atoms. The van der Waals surface area contributed by atoms with Crippen molar-refractivity contribution in [2.45, 2.75) is 54.9 Å². The molecule has 0 aromatic carbocycles. The van der Waals surface area contributed by atoms with Crippen LogP contribution in [0.25, 0.3) is 0 Å². The third-order valence-electron chi connectivity index (χ3n) is 1.16. The summed E-state index contributed by atoms with van der Waals surface area (Å²) in [6, 6.07) is 0. The molecule has 0 amide bonds. The lowest BCUT2D eigenvalue weighted by Gasteiger charge is -1.95. The van der Waals surface area contributed by atoms with Crippen molar-refractivity contribution in [3.63, 3.8) is 0 Å². The van der Waals surface area contributed by atoms with E-state index < -0.39 is 0 Å². The van der Waals surface area contributed by atoms with Crippen LogP contribution in [0.1, 0.15) is 54.9 Å². The van der Waals surface area contributed by atoms with E-state index in [-0.39, 0.29) is 0 Å². The van der Waals surface area contributed by atoms with E-state index in [1.165, 1.54) is 12.0 Å². The molecule has 0 rings (SSSR count). The van der Waals surface area contributed by atoms with Gasteiger partial charge in [-0.05, 0) is 26.7 Å². The highest BCUT2D eigenvalue weighted by Crippen LogP contribution is 2.00. The smallest absolute Gasteiger partial charge is 0.0265 e. The van der Waals surface area contributed by atoms with Crippen LogP contribution in [0, 0.1) is 5.92 Å². The highest BCUT2D eigenvalue weighted by atomic mass is 13.9. The van der Waals surface area contributed by atoms with Crippen LogP contribution in [0.2, 0.25) is 0 Å². The monoisotopic (exact) mass is 184 g/mol. The zero-order valence-electron chi connectivity index (χ0n) is 10.6. The molecule has 1 atom stereocenters. The minimum Gasteiger partial charge on any atom is -0.100 e. The van der Waals surface area contributed by atoms with Crippen LogP contribution in [0.3, 0.4) is 0 Å². The fraction of sp³-hybridized carbons (Fsp3) is 0.692. The fourth-order valence-electron chi connectivity index (χ4n) is 0.465. The van der Waals surface area contributed by atoms with E-state index in [1.54, 1.807) is 0 Å². The summed E-state index contributed by atoms with van der Waals surface area (Å²) in [6.07, 6.45) is 5.58. The maximum absolute atomic E-state index is 3.56. The second kappa shape index (κ2) is 17.5. The van der Waals surface area contributed by atoms with Crippen LogP contribution in [0.15, 0.2) is 24.3 Å². The van der Waals surface area contributed by atoms with E-state index in [0.717, 1.165) is 5.92 Å². The van der Waals surface area contributed by atoms with Gasteiger partial charge in [-0.25, -0.2) is 0 Å². The molecule has 0 nitrogen and oxygen atoms in total. The molecule has 0 heterocycles. The third kappa shape index (κ3) is 51.4. The normalized spacial score (nSPS) is 10.7. The molecule has 13 heavy (non-hydrogen) atoms. The summed E-state index contributed by atoms with van der Waals surface area (Å²) >= 11 is 0. The Kier molecular flexibility index (Phi) is 24.7. The molecule has 0 spiro atoms. The first kappa shape index (κ1) is 18.3. The summed E-state index contributed by atoms with van der Waals surface area (Å²) in [7, 11) is 0. The summed E-state index contributed by atoms with van der Waals surface area (Å²) in [6.45, 7) is 18.0. The van der Waals surface area contributed by atoms with Gasteiger partial charge in [0, 0.05) is 0 Å². The molecule has 0 aliphatic rings. The van der Waals surface area contributed by atoms with Gasteiger partial charge in [0.1, 0.15) is 0 Å². The topological polar surface area (TPSA) is 0 Å². The molecular formula is C13H28. The van der Waals surface area contributed by atoms with E-state index in [9.17, 15) is 0 Å². The lowest BCUT2D eigenvalue weighted by atomic mass is 10.1. The average molecular weight is 184 g/mol. The van der Waals surface area contributed by atoms with Crippen LogP contribution in [0.4, 0.5) is 0 Å². The molecule has 80 valence electrons. The van der Waals surface area contributed by atoms with E-state index >= 15 is 0 Å². The van der Waals surface area contributed by atoms with Crippen LogP contribution < -0.4 is 0 Å². The molecule has 0 fully saturated rings. The van der Waals surface area contributed by atoms with Gasteiger partial charge < -0.3 is 0 Å². The van der Waals surface area contributed by atoms with Crippen molar-refractivity contribution in [2.24, 2.45) is 5.92 Å². The highest BCUT2D eigenvalue weighted by molar-refractivity contribution is 4.81. The Hall–Kier alpha value is -0.520. The van der Waals surface area contributed by atoms with Crippen molar-refractivity contribution in [1.82, 2.24) is 0 Å². The quantitative estimate of drug-likeness (QED) is 0.516. The number of rotatable bonds is 2. The molecule has 0 aliphatic carbocycles. The van der Waals surface area contributed by atoms with Crippen LogP contribution >= 0.6 is 0 Å². The molecule has 0 saturated heterocycles. The van der Waals surface area contributed by atoms with Crippen LogP contribution in [-0.4, -0.2) is 0 Å². The van der Waals surface area contributed by atoms with Crippen molar-refractivity contribution >= 4 is 0 Å². The third-order valence-corrected chi connectivity index (χ3v) is 1.16. The molecule has 0 aliphatic heterocycles. The molecule has 1 unspecified atom stereocenters. The molecule has 0 saturated carbocycles. The standard InChI is InChI=1S/C7H14.C4H8.C2H6/c1-4-6-7(3)5-2;1-4(2)3;1-2/h4,6-7H,5H2,1-3H3;1H2,2-3H3;1-2H3/b6-4-;;. The fourth-order valence-corrected chi connectivity index (χ4v) is 0.465. The largest absolute Gasteiger partial charge is 0.100 e. The van der Waals surface area contributed by atoms with E-state index in [0.29, 0.717) is 0 Å². The van der Waals surface area contributed by atoms with Crippen molar-refractivity contribution in [1.29, 1.82) is 0 Å². The van der Waals surface area contributed by atoms with Gasteiger partial charge in [-0.2, -0.15) is 0 Å². The minimum absolute atomic E-state index is 0.769. The Morgan fingerprint density at radius 1 is 1.31 bits per heavy atom. The summed E-state index contributed by atoms with van der Waals surface area (Å²) in [5, 5.41) is 0. The van der Waals surface area contributed by atoms with E-state index in [1.807, 2.05) is 27.7 Å². The van der Waals surface area contributed by atoms with Gasteiger partial charge in [0.15, 0.2) is 0 Å². The summed E-state index contributed by atoms with van der Waals surface area (Å²) in [5.41, 5.74) is 1.17. The first-order valence-electron chi connectivity index (χ1n) is 5.29. The van der Waals surface area contributed by atoms with Crippen LogP contribution in [-0.2, 0) is 0 Å². The average Bonchev–Trinajstić information content (AvgIpc) is 2.07. The predicted molar refractivity (Wildman–Crippen MR) is 66.1 cm³/mol. The second-order valence-corrected chi connectivity index (χ2v) is 3.12. The lowest BCUT2D eigenvalue weighted by Crippen LogP contribution is -1.81. The number of hydrogen-bond donors (Lipinski definition) is 0. The maximum Gasteiger partial charge on any atom is -0.0265 e. The van der Waals surface area contributed by atoms with Gasteiger partial charge in [-0.1, -0.05) is 51.8 Å². The molecule has 0 N–H and O–H groups in total. The molecular weight excluding hydrogens is 156 g/mol. The SMILES string of the molecule is C/C=C\C(C)CC.C=C(C)C.CC. The van der Waals surface area contributed by atoms with E-state index in [2.05, 4.69) is 39.5 Å². The predicted octanol–water partition coefficient (Wildman–Crippen LogP) is 5.22. The summed E-state index contributed by atoms with van der Waals surface area (Å²) in [5.74, 6) is 0.769. The van der Waals surface area contributed by atoms with Gasteiger partial charge in [-0.15, -0.1) is 6.58 Å². The van der Waals surface area contributed by atoms with Crippen molar-refractivity contribution in [2.75, 3.05) is 0 Å². The zero-order chi connectivity index (χ0) is 11.3. The Morgan fingerprint density at radius 2 is 1.62 bits per heavy atom. The number of hydrogen-bond acceptors (Lipinski definition) is 0. The van der Waals surface area contributed by atoms with Gasteiger partial charge in [-0.3, -0.25) is 0 Å². The lowest BCUT2D eigenvalue weighted by molar-refractivity contribution is 0.697. The Bertz CT molecular complexity index is 105. The first-order valence-corrected chi connectivity index (χ1v) is 5.29. The molecule has 0 aromatic rings.